The summed E-state index contributed by atoms with van der Waals surface area (Å²) >= 11 is 1.22. The van der Waals surface area contributed by atoms with Crippen LogP contribution in [0.15, 0.2) is 49.3 Å². The van der Waals surface area contributed by atoms with Gasteiger partial charge in [0.05, 0.1) is 16.8 Å². The van der Waals surface area contributed by atoms with E-state index in [-0.39, 0.29) is 23.9 Å². The number of pyridine rings is 2. The molecule has 2 unspecified atom stereocenters. The molecule has 2 aliphatic rings. The molecular weight excluding hydrogens is 452 g/mol. The summed E-state index contributed by atoms with van der Waals surface area (Å²) in [6, 6.07) is 6.32. The van der Waals surface area contributed by atoms with Gasteiger partial charge in [-0.1, -0.05) is 26.5 Å². The SMILES string of the molecule is C=CC(=O)NC1CCCC1NC(=O)c1sc2nccc3c2c1NC(=O)N3c1ccccn1.CC. The molecule has 0 spiro atoms. The third-order valence-corrected chi connectivity index (χ3v) is 6.77. The van der Waals surface area contributed by atoms with Crippen LogP contribution in [0.25, 0.3) is 10.2 Å². The maximum Gasteiger partial charge on any atom is 0.332 e. The number of carbonyl (C=O) groups excluding carboxylic acids is 3. The van der Waals surface area contributed by atoms with Crippen LogP contribution in [-0.4, -0.2) is 39.9 Å². The quantitative estimate of drug-likeness (QED) is 0.471. The fraction of sp³-hybridized carbons (Fsp3) is 0.292. The number of nitrogens with one attached hydrogen (secondary N) is 3. The topological polar surface area (TPSA) is 116 Å². The Morgan fingerprint density at radius 3 is 2.62 bits per heavy atom. The van der Waals surface area contributed by atoms with Crippen LogP contribution in [0.3, 0.4) is 0 Å². The molecule has 3 aromatic heterocycles. The van der Waals surface area contributed by atoms with Crippen LogP contribution >= 0.6 is 11.3 Å². The highest BCUT2D eigenvalue weighted by Gasteiger charge is 2.35. The minimum absolute atomic E-state index is 0.155. The fourth-order valence-electron chi connectivity index (χ4n) is 4.24. The third-order valence-electron chi connectivity index (χ3n) is 5.68. The number of amides is 4. The van der Waals surface area contributed by atoms with E-state index in [9.17, 15) is 14.4 Å². The second-order valence-corrected chi connectivity index (χ2v) is 8.60. The van der Waals surface area contributed by atoms with E-state index in [0.29, 0.717) is 32.3 Å². The lowest BCUT2D eigenvalue weighted by atomic mass is 10.1. The molecule has 34 heavy (non-hydrogen) atoms. The number of aromatic nitrogens is 2. The van der Waals surface area contributed by atoms with E-state index in [4.69, 9.17) is 0 Å². The molecule has 0 aromatic carbocycles. The first-order chi connectivity index (χ1) is 16.6. The van der Waals surface area contributed by atoms with Gasteiger partial charge in [-0.05, 0) is 43.5 Å². The largest absolute Gasteiger partial charge is 0.348 e. The first-order valence-electron chi connectivity index (χ1n) is 11.2. The molecule has 9 nitrogen and oxygen atoms in total. The number of hydrogen-bond acceptors (Lipinski definition) is 6. The smallest absolute Gasteiger partial charge is 0.332 e. The van der Waals surface area contributed by atoms with Gasteiger partial charge in [0.2, 0.25) is 5.91 Å². The predicted molar refractivity (Wildman–Crippen MR) is 134 cm³/mol. The average molecular weight is 479 g/mol. The van der Waals surface area contributed by atoms with Crippen molar-refractivity contribution < 1.29 is 14.4 Å². The molecule has 4 heterocycles. The molecule has 0 saturated heterocycles. The Balaban J connectivity index is 0.00000133. The summed E-state index contributed by atoms with van der Waals surface area (Å²) < 4.78 is 0. The van der Waals surface area contributed by atoms with Crippen LogP contribution in [0, 0.1) is 0 Å². The van der Waals surface area contributed by atoms with Crippen LogP contribution < -0.4 is 20.9 Å². The van der Waals surface area contributed by atoms with Crippen molar-refractivity contribution in [2.75, 3.05) is 10.2 Å². The van der Waals surface area contributed by atoms with E-state index in [1.807, 2.05) is 13.8 Å². The highest BCUT2D eigenvalue weighted by Crippen LogP contribution is 2.45. The molecule has 1 aliphatic carbocycles. The van der Waals surface area contributed by atoms with Crippen molar-refractivity contribution in [3.05, 3.63) is 54.2 Å². The van der Waals surface area contributed by atoms with Crippen LogP contribution in [0.1, 0.15) is 42.8 Å². The summed E-state index contributed by atoms with van der Waals surface area (Å²) in [5, 5.41) is 9.46. The number of urea groups is 1. The minimum Gasteiger partial charge on any atom is -0.348 e. The first-order valence-corrected chi connectivity index (χ1v) is 12.1. The number of rotatable bonds is 5. The lowest BCUT2D eigenvalue weighted by Crippen LogP contribution is -2.48. The van der Waals surface area contributed by atoms with Crippen molar-refractivity contribution in [3.63, 3.8) is 0 Å². The normalized spacial score (nSPS) is 18.5. The number of carbonyl (C=O) groups is 3. The highest BCUT2D eigenvalue weighted by atomic mass is 32.1. The van der Waals surface area contributed by atoms with Crippen LogP contribution in [-0.2, 0) is 4.79 Å². The second kappa shape index (κ2) is 10.0. The van der Waals surface area contributed by atoms with Gasteiger partial charge in [-0.3, -0.25) is 9.59 Å². The second-order valence-electron chi connectivity index (χ2n) is 7.60. The summed E-state index contributed by atoms with van der Waals surface area (Å²) in [5.74, 6) is -0.0822. The highest BCUT2D eigenvalue weighted by molar-refractivity contribution is 7.21. The Hall–Kier alpha value is -3.79. The Morgan fingerprint density at radius 2 is 1.91 bits per heavy atom. The molecule has 3 aromatic rings. The summed E-state index contributed by atoms with van der Waals surface area (Å²) in [5.41, 5.74) is 1.08. The molecule has 4 amide bonds. The molecule has 1 aliphatic heterocycles. The summed E-state index contributed by atoms with van der Waals surface area (Å²) in [4.78, 5) is 49.1. The van der Waals surface area contributed by atoms with Crippen molar-refractivity contribution in [2.45, 2.75) is 45.2 Å². The van der Waals surface area contributed by atoms with Gasteiger partial charge in [0, 0.05) is 24.5 Å². The van der Waals surface area contributed by atoms with Gasteiger partial charge in [0.25, 0.3) is 5.91 Å². The minimum atomic E-state index is -0.395. The number of nitrogens with zero attached hydrogens (tertiary/aromatic N) is 3. The monoisotopic (exact) mass is 478 g/mol. The summed E-state index contributed by atoms with van der Waals surface area (Å²) in [6.45, 7) is 7.48. The van der Waals surface area contributed by atoms with E-state index in [1.54, 1.807) is 36.7 Å². The average Bonchev–Trinajstić information content (AvgIpc) is 3.46. The standard InChI is InChI=1S/C22H20N6O3S.C2H6/c1-2-16(29)25-12-6-5-7-13(12)26-20(30)19-18-17-14(9-11-24-21(17)32-19)28(22(31)27-18)15-8-3-4-10-23-15;1-2/h2-4,8-13H,1,5-7H2,(H,25,29)(H,26,30)(H,27,31);1-2H3. The molecule has 0 radical (unpaired) electrons. The molecular formula is C24H26N6O3S. The van der Waals surface area contributed by atoms with Crippen molar-refractivity contribution in [1.82, 2.24) is 20.6 Å². The van der Waals surface area contributed by atoms with Crippen molar-refractivity contribution in [2.24, 2.45) is 0 Å². The number of thiophene rings is 1. The number of anilines is 3. The molecule has 2 atom stereocenters. The Kier molecular flexibility index (Phi) is 6.87. The Bertz CT molecular complexity index is 1240. The van der Waals surface area contributed by atoms with E-state index in [1.165, 1.54) is 22.3 Å². The maximum atomic E-state index is 13.2. The van der Waals surface area contributed by atoms with Crippen LogP contribution in [0.4, 0.5) is 22.0 Å². The molecule has 3 N–H and O–H groups in total. The molecule has 1 fully saturated rings. The van der Waals surface area contributed by atoms with Gasteiger partial charge in [-0.2, -0.15) is 0 Å². The third kappa shape index (κ3) is 4.24. The van der Waals surface area contributed by atoms with Gasteiger partial charge in [-0.25, -0.2) is 19.7 Å². The zero-order valence-electron chi connectivity index (χ0n) is 19.0. The van der Waals surface area contributed by atoms with E-state index in [2.05, 4.69) is 32.5 Å². The molecule has 10 heteroatoms. The van der Waals surface area contributed by atoms with Gasteiger partial charge in [0.15, 0.2) is 0 Å². The zero-order valence-corrected chi connectivity index (χ0v) is 19.8. The zero-order chi connectivity index (χ0) is 24.2. The van der Waals surface area contributed by atoms with Gasteiger partial charge < -0.3 is 16.0 Å². The first kappa shape index (κ1) is 23.4. The van der Waals surface area contributed by atoms with Gasteiger partial charge in [-0.15, -0.1) is 11.3 Å². The molecule has 0 bridgehead atoms. The lowest BCUT2D eigenvalue weighted by Gasteiger charge is -2.27. The van der Waals surface area contributed by atoms with Gasteiger partial charge >= 0.3 is 6.03 Å². The van der Waals surface area contributed by atoms with Crippen molar-refractivity contribution in [1.29, 1.82) is 0 Å². The van der Waals surface area contributed by atoms with Crippen molar-refractivity contribution >= 4 is 56.6 Å². The summed E-state index contributed by atoms with van der Waals surface area (Å²) in [6.07, 6.45) is 6.90. The van der Waals surface area contributed by atoms with E-state index in [0.717, 1.165) is 19.3 Å². The number of hydrogen-bond donors (Lipinski definition) is 3. The Labute approximate surface area is 201 Å². The van der Waals surface area contributed by atoms with Crippen LogP contribution in [0.2, 0.25) is 0 Å². The van der Waals surface area contributed by atoms with Gasteiger partial charge in [0.1, 0.15) is 15.5 Å². The van der Waals surface area contributed by atoms with Crippen LogP contribution in [0.5, 0.6) is 0 Å². The fourth-order valence-corrected chi connectivity index (χ4v) is 5.26. The van der Waals surface area contributed by atoms with E-state index >= 15 is 0 Å². The van der Waals surface area contributed by atoms with Crippen molar-refractivity contribution in [3.8, 4) is 0 Å². The molecule has 5 rings (SSSR count). The predicted octanol–water partition coefficient (Wildman–Crippen LogP) is 4.35. The molecule has 1 saturated carbocycles. The summed E-state index contributed by atoms with van der Waals surface area (Å²) in [7, 11) is 0. The Morgan fingerprint density at radius 1 is 1.15 bits per heavy atom. The molecule has 176 valence electrons. The maximum absolute atomic E-state index is 13.2. The lowest BCUT2D eigenvalue weighted by molar-refractivity contribution is -0.117. The van der Waals surface area contributed by atoms with E-state index < -0.39 is 6.03 Å².